The number of azo groups is 1. The van der Waals surface area contributed by atoms with Crippen molar-refractivity contribution < 1.29 is 8.42 Å². The summed E-state index contributed by atoms with van der Waals surface area (Å²) in [6, 6.07) is 15.0. The van der Waals surface area contributed by atoms with E-state index in [2.05, 4.69) is 15.5 Å². The van der Waals surface area contributed by atoms with Crippen LogP contribution in [0.3, 0.4) is 0 Å². The number of nitrogens with two attached hydrogens (primary N) is 1. The maximum absolute atomic E-state index is 10.9. The van der Waals surface area contributed by atoms with Crippen LogP contribution in [0.5, 0.6) is 0 Å². The first-order valence-electron chi connectivity index (χ1n) is 7.37. The van der Waals surface area contributed by atoms with E-state index in [4.69, 9.17) is 5.14 Å². The van der Waals surface area contributed by atoms with Crippen LogP contribution in [0, 0.1) is 0 Å². The molecule has 3 N–H and O–H groups in total. The Balaban J connectivity index is 1.93. The third-order valence-electron chi connectivity index (χ3n) is 3.23. The normalized spacial score (nSPS) is 11.6. The van der Waals surface area contributed by atoms with E-state index in [0.717, 1.165) is 17.1 Å². The van der Waals surface area contributed by atoms with Gasteiger partial charge in [0.15, 0.2) is 0 Å². The Hall–Kier alpha value is -2.45. The molecule has 0 unspecified atom stereocenters. The summed E-state index contributed by atoms with van der Waals surface area (Å²) in [6.07, 6.45) is 0. The highest BCUT2D eigenvalue weighted by Crippen LogP contribution is 2.22. The monoisotopic (exact) mass is 347 g/mol. The summed E-state index contributed by atoms with van der Waals surface area (Å²) in [5, 5.41) is 16.3. The minimum atomic E-state index is -3.45. The fraction of sp³-hybridized carbons (Fsp3) is 0.250. The number of anilines is 2. The molecule has 0 saturated heterocycles. The molecule has 0 spiro atoms. The van der Waals surface area contributed by atoms with Crippen LogP contribution < -0.4 is 15.4 Å². The molecule has 0 amide bonds. The molecule has 7 nitrogen and oxygen atoms in total. The van der Waals surface area contributed by atoms with Crippen LogP contribution in [0.4, 0.5) is 22.7 Å². The summed E-state index contributed by atoms with van der Waals surface area (Å²) in [5.74, 6) is -0.114. The van der Waals surface area contributed by atoms with E-state index in [-0.39, 0.29) is 12.3 Å². The number of hydrogen-bond acceptors (Lipinski definition) is 6. The molecule has 0 aliphatic rings. The Morgan fingerprint density at radius 2 is 1.46 bits per heavy atom. The van der Waals surface area contributed by atoms with Gasteiger partial charge in [-0.15, -0.1) is 0 Å². The van der Waals surface area contributed by atoms with E-state index in [1.54, 1.807) is 12.1 Å². The first-order valence-corrected chi connectivity index (χ1v) is 9.08. The minimum Gasteiger partial charge on any atom is -0.384 e. The molecule has 8 heteroatoms. The van der Waals surface area contributed by atoms with Crippen LogP contribution in [0.1, 0.15) is 0 Å². The van der Waals surface area contributed by atoms with E-state index in [1.807, 2.05) is 55.4 Å². The van der Waals surface area contributed by atoms with Gasteiger partial charge in [0.25, 0.3) is 0 Å². The maximum atomic E-state index is 10.9. The Morgan fingerprint density at radius 1 is 0.958 bits per heavy atom. The number of sulfonamides is 1. The van der Waals surface area contributed by atoms with Crippen molar-refractivity contribution in [2.75, 3.05) is 36.6 Å². The van der Waals surface area contributed by atoms with Crippen molar-refractivity contribution in [3.05, 3.63) is 48.5 Å². The van der Waals surface area contributed by atoms with Crippen molar-refractivity contribution in [1.29, 1.82) is 0 Å². The summed E-state index contributed by atoms with van der Waals surface area (Å²) in [5.41, 5.74) is 3.39. The van der Waals surface area contributed by atoms with Gasteiger partial charge in [0.2, 0.25) is 10.0 Å². The lowest BCUT2D eigenvalue weighted by atomic mass is 10.3. The molecular weight excluding hydrogens is 326 g/mol. The first-order chi connectivity index (χ1) is 11.3. The molecule has 0 fully saturated rings. The Labute approximate surface area is 142 Å². The summed E-state index contributed by atoms with van der Waals surface area (Å²) in [6.45, 7) is 0.262. The van der Waals surface area contributed by atoms with E-state index in [0.29, 0.717) is 5.69 Å². The number of benzene rings is 2. The summed E-state index contributed by atoms with van der Waals surface area (Å²) in [7, 11) is 0.513. The molecule has 0 aliphatic carbocycles. The van der Waals surface area contributed by atoms with Gasteiger partial charge < -0.3 is 10.2 Å². The standard InChI is InChI=1S/C16H21N5O2S/c1-21(2)16-9-7-15(8-10-16)20-19-14-5-3-13(4-6-14)18-11-12-24(17,22)23/h3-10,18H,11-12H2,1-2H3,(H2,17,22,23). The van der Waals surface area contributed by atoms with Gasteiger partial charge in [-0.25, -0.2) is 13.6 Å². The zero-order chi connectivity index (χ0) is 17.6. The van der Waals surface area contributed by atoms with Crippen molar-refractivity contribution in [3.8, 4) is 0 Å². The number of nitrogens with one attached hydrogen (secondary N) is 1. The van der Waals surface area contributed by atoms with E-state index >= 15 is 0 Å². The molecule has 0 bridgehead atoms. The topological polar surface area (TPSA) is 100 Å². The Kier molecular flexibility index (Phi) is 5.88. The minimum absolute atomic E-state index is 0.114. The van der Waals surface area contributed by atoms with Crippen LogP contribution in [0.2, 0.25) is 0 Å². The van der Waals surface area contributed by atoms with E-state index in [1.165, 1.54) is 0 Å². The third-order valence-corrected chi connectivity index (χ3v) is 4.00. The van der Waals surface area contributed by atoms with Crippen LogP contribution >= 0.6 is 0 Å². The molecule has 2 aromatic carbocycles. The average molecular weight is 347 g/mol. The molecule has 0 heterocycles. The predicted molar refractivity (Wildman–Crippen MR) is 97.9 cm³/mol. The zero-order valence-corrected chi connectivity index (χ0v) is 14.5. The fourth-order valence-corrected chi connectivity index (χ4v) is 2.30. The molecule has 0 saturated carbocycles. The smallest absolute Gasteiger partial charge is 0.210 e. The van der Waals surface area contributed by atoms with Crippen molar-refractivity contribution >= 4 is 32.8 Å². The highest BCUT2D eigenvalue weighted by Gasteiger charge is 2.01. The van der Waals surface area contributed by atoms with Crippen LogP contribution in [0.25, 0.3) is 0 Å². The van der Waals surface area contributed by atoms with Gasteiger partial charge >= 0.3 is 0 Å². The van der Waals surface area contributed by atoms with Gasteiger partial charge in [0.1, 0.15) is 0 Å². The third kappa shape index (κ3) is 5.98. The van der Waals surface area contributed by atoms with Gasteiger partial charge in [-0.3, -0.25) is 0 Å². The lowest BCUT2D eigenvalue weighted by Crippen LogP contribution is -2.22. The van der Waals surface area contributed by atoms with Gasteiger partial charge in [0.05, 0.1) is 17.1 Å². The number of nitrogens with zero attached hydrogens (tertiary/aromatic N) is 3. The van der Waals surface area contributed by atoms with Gasteiger partial charge in [-0.1, -0.05) is 0 Å². The van der Waals surface area contributed by atoms with Crippen LogP contribution in [-0.4, -0.2) is 34.8 Å². The number of primary sulfonamides is 1. The molecule has 0 aromatic heterocycles. The Morgan fingerprint density at radius 3 is 1.92 bits per heavy atom. The largest absolute Gasteiger partial charge is 0.384 e. The highest BCUT2D eigenvalue weighted by atomic mass is 32.2. The second-order valence-corrected chi connectivity index (χ2v) is 7.19. The molecule has 2 aromatic rings. The summed E-state index contributed by atoms with van der Waals surface area (Å²) >= 11 is 0. The van der Waals surface area contributed by atoms with Crippen molar-refractivity contribution in [2.24, 2.45) is 15.4 Å². The van der Waals surface area contributed by atoms with E-state index < -0.39 is 10.0 Å². The summed E-state index contributed by atoms with van der Waals surface area (Å²) in [4.78, 5) is 2.02. The zero-order valence-electron chi connectivity index (χ0n) is 13.7. The number of rotatable bonds is 7. The van der Waals surface area contributed by atoms with Gasteiger partial charge in [0, 0.05) is 32.0 Å². The van der Waals surface area contributed by atoms with Crippen molar-refractivity contribution in [1.82, 2.24) is 0 Å². The molecule has 128 valence electrons. The maximum Gasteiger partial charge on any atom is 0.210 e. The molecule has 24 heavy (non-hydrogen) atoms. The SMILES string of the molecule is CN(C)c1ccc(N=Nc2ccc(NCCS(N)(=O)=O)cc2)cc1. The van der Waals surface area contributed by atoms with Crippen molar-refractivity contribution in [2.45, 2.75) is 0 Å². The van der Waals surface area contributed by atoms with E-state index in [9.17, 15) is 8.42 Å². The van der Waals surface area contributed by atoms with Gasteiger partial charge in [-0.05, 0) is 48.5 Å². The quantitative estimate of drug-likeness (QED) is 0.752. The van der Waals surface area contributed by atoms with Crippen LogP contribution in [0.15, 0.2) is 58.8 Å². The number of hydrogen-bond donors (Lipinski definition) is 2. The summed E-state index contributed by atoms with van der Waals surface area (Å²) < 4.78 is 21.7. The molecule has 0 radical (unpaired) electrons. The average Bonchev–Trinajstić information content (AvgIpc) is 2.53. The predicted octanol–water partition coefficient (Wildman–Crippen LogP) is 2.87. The molecule has 0 atom stereocenters. The Bertz CT molecular complexity index is 784. The molecule has 2 rings (SSSR count). The second-order valence-electron chi connectivity index (χ2n) is 5.45. The molecular formula is C16H21N5O2S. The first kappa shape index (κ1) is 17.9. The lowest BCUT2D eigenvalue weighted by molar-refractivity contribution is 0.598. The van der Waals surface area contributed by atoms with Crippen molar-refractivity contribution in [3.63, 3.8) is 0 Å². The fourth-order valence-electron chi connectivity index (χ4n) is 1.92. The van der Waals surface area contributed by atoms with Gasteiger partial charge in [-0.2, -0.15) is 10.2 Å². The molecule has 0 aliphatic heterocycles. The second kappa shape index (κ2) is 7.89. The highest BCUT2D eigenvalue weighted by molar-refractivity contribution is 7.89. The van der Waals surface area contributed by atoms with Crippen LogP contribution in [-0.2, 0) is 10.0 Å². The lowest BCUT2D eigenvalue weighted by Gasteiger charge is -2.11.